The molecule has 1 aromatic heterocycles. The third kappa shape index (κ3) is 4.11. The average Bonchev–Trinajstić information content (AvgIpc) is 2.63. The van der Waals surface area contributed by atoms with Crippen LogP contribution in [0.3, 0.4) is 0 Å². The maximum absolute atomic E-state index is 12.4. The van der Waals surface area contributed by atoms with Gasteiger partial charge in [0.05, 0.1) is 21.2 Å². The minimum absolute atomic E-state index is 0.0257. The number of hydrogen-bond acceptors (Lipinski definition) is 3. The molecule has 0 aliphatic rings. The zero-order valence-corrected chi connectivity index (χ0v) is 13.3. The van der Waals surface area contributed by atoms with Crippen molar-refractivity contribution in [2.45, 2.75) is 27.2 Å². The van der Waals surface area contributed by atoms with Crippen molar-refractivity contribution < 1.29 is 4.79 Å². The second-order valence-electron chi connectivity index (χ2n) is 4.62. The molecule has 0 N–H and O–H groups in total. The monoisotopic (exact) mass is 328 g/mol. The lowest BCUT2D eigenvalue weighted by Gasteiger charge is -2.22. The molecule has 1 aromatic rings. The molecule has 5 heteroatoms. The molecule has 0 aliphatic carbocycles. The van der Waals surface area contributed by atoms with Crippen molar-refractivity contribution in [2.24, 2.45) is 5.92 Å². The van der Waals surface area contributed by atoms with Crippen LogP contribution in [0.5, 0.6) is 0 Å². The van der Waals surface area contributed by atoms with Gasteiger partial charge in [-0.25, -0.2) is 0 Å². The Morgan fingerprint density at radius 2 is 2.28 bits per heavy atom. The second-order valence-corrected chi connectivity index (χ2v) is 6.99. The Labute approximate surface area is 121 Å². The summed E-state index contributed by atoms with van der Waals surface area (Å²) in [5.41, 5.74) is 1.08. The van der Waals surface area contributed by atoms with Crippen molar-refractivity contribution in [2.75, 3.05) is 13.1 Å². The van der Waals surface area contributed by atoms with Gasteiger partial charge < -0.3 is 4.90 Å². The van der Waals surface area contributed by atoms with E-state index in [0.717, 1.165) is 14.2 Å². The maximum atomic E-state index is 12.4. The van der Waals surface area contributed by atoms with Crippen LogP contribution in [-0.4, -0.2) is 23.9 Å². The number of carbonyl (C=O) groups is 1. The van der Waals surface area contributed by atoms with E-state index in [9.17, 15) is 4.79 Å². The SMILES string of the molecule is Cc1cc(C(=O)N(CCC#N)CC(C)C)sc1Br. The van der Waals surface area contributed by atoms with Gasteiger partial charge in [-0.15, -0.1) is 11.3 Å². The highest BCUT2D eigenvalue weighted by Crippen LogP contribution is 2.28. The van der Waals surface area contributed by atoms with Gasteiger partial charge in [0.15, 0.2) is 0 Å². The topological polar surface area (TPSA) is 44.1 Å². The van der Waals surface area contributed by atoms with Gasteiger partial charge in [-0.2, -0.15) is 5.26 Å². The van der Waals surface area contributed by atoms with E-state index in [1.165, 1.54) is 11.3 Å². The molecule has 0 spiro atoms. The quantitative estimate of drug-likeness (QED) is 0.824. The lowest BCUT2D eigenvalue weighted by Crippen LogP contribution is -2.34. The van der Waals surface area contributed by atoms with Gasteiger partial charge in [0.2, 0.25) is 0 Å². The Hall–Kier alpha value is -0.860. The standard InChI is InChI=1S/C13H17BrN2OS/c1-9(2)8-16(6-4-5-15)13(17)11-7-10(3)12(14)18-11/h7,9H,4,6,8H2,1-3H3. The molecule has 0 aromatic carbocycles. The largest absolute Gasteiger partial charge is 0.337 e. The molecule has 1 heterocycles. The predicted octanol–water partition coefficient (Wildman–Crippen LogP) is 3.83. The van der Waals surface area contributed by atoms with Gasteiger partial charge in [-0.1, -0.05) is 13.8 Å². The summed E-state index contributed by atoms with van der Waals surface area (Å²) in [7, 11) is 0. The number of hydrogen-bond donors (Lipinski definition) is 0. The van der Waals surface area contributed by atoms with Gasteiger partial charge in [-0.3, -0.25) is 4.79 Å². The molecule has 0 bridgehead atoms. The summed E-state index contributed by atoms with van der Waals surface area (Å²) in [6.07, 6.45) is 0.379. The lowest BCUT2D eigenvalue weighted by molar-refractivity contribution is 0.0745. The van der Waals surface area contributed by atoms with E-state index < -0.39 is 0 Å². The average molecular weight is 329 g/mol. The van der Waals surface area contributed by atoms with Gasteiger partial charge in [0.1, 0.15) is 0 Å². The van der Waals surface area contributed by atoms with E-state index in [4.69, 9.17) is 5.26 Å². The number of nitrogens with zero attached hydrogens (tertiary/aromatic N) is 2. The first-order chi connectivity index (χ1) is 8.45. The van der Waals surface area contributed by atoms with E-state index in [2.05, 4.69) is 35.8 Å². The summed E-state index contributed by atoms with van der Waals surface area (Å²) in [4.78, 5) is 14.9. The van der Waals surface area contributed by atoms with E-state index in [1.807, 2.05) is 13.0 Å². The number of aryl methyl sites for hydroxylation is 1. The summed E-state index contributed by atoms with van der Waals surface area (Å²) in [5, 5.41) is 8.66. The Kier molecular flexibility index (Phi) is 5.83. The van der Waals surface area contributed by atoms with Gasteiger partial charge in [0, 0.05) is 13.1 Å². The second kappa shape index (κ2) is 6.91. The van der Waals surface area contributed by atoms with Crippen LogP contribution in [0.4, 0.5) is 0 Å². The maximum Gasteiger partial charge on any atom is 0.264 e. The molecule has 0 saturated carbocycles. The van der Waals surface area contributed by atoms with Crippen LogP contribution in [0.15, 0.2) is 9.85 Å². The molecular weight excluding hydrogens is 312 g/mol. The minimum Gasteiger partial charge on any atom is -0.337 e. The fourth-order valence-electron chi connectivity index (χ4n) is 1.62. The third-order valence-corrected chi connectivity index (χ3v) is 4.56. The van der Waals surface area contributed by atoms with Crippen molar-refractivity contribution in [3.8, 4) is 6.07 Å². The first kappa shape index (κ1) is 15.2. The van der Waals surface area contributed by atoms with Crippen molar-refractivity contribution in [1.29, 1.82) is 5.26 Å². The summed E-state index contributed by atoms with van der Waals surface area (Å²) >= 11 is 4.89. The Morgan fingerprint density at radius 3 is 2.72 bits per heavy atom. The number of halogens is 1. The van der Waals surface area contributed by atoms with Crippen molar-refractivity contribution in [3.63, 3.8) is 0 Å². The third-order valence-electron chi connectivity index (χ3n) is 2.43. The summed E-state index contributed by atoms with van der Waals surface area (Å²) < 4.78 is 0.996. The zero-order chi connectivity index (χ0) is 13.7. The Bertz CT molecular complexity index is 443. The molecular formula is C13H17BrN2OS. The Morgan fingerprint density at radius 1 is 1.61 bits per heavy atom. The molecule has 0 aliphatic heterocycles. The molecule has 0 unspecified atom stereocenters. The molecule has 1 amide bonds. The minimum atomic E-state index is 0.0257. The van der Waals surface area contributed by atoms with E-state index >= 15 is 0 Å². The van der Waals surface area contributed by atoms with Crippen LogP contribution in [0.1, 0.15) is 35.5 Å². The van der Waals surface area contributed by atoms with Crippen LogP contribution in [0.2, 0.25) is 0 Å². The number of carbonyl (C=O) groups excluding carboxylic acids is 1. The number of amides is 1. The summed E-state index contributed by atoms with van der Waals surface area (Å²) in [6, 6.07) is 3.99. The lowest BCUT2D eigenvalue weighted by atomic mass is 10.2. The van der Waals surface area contributed by atoms with Crippen LogP contribution in [0, 0.1) is 24.2 Å². The number of nitriles is 1. The van der Waals surface area contributed by atoms with Crippen LogP contribution < -0.4 is 0 Å². The fraction of sp³-hybridized carbons (Fsp3) is 0.538. The molecule has 3 nitrogen and oxygen atoms in total. The van der Waals surface area contributed by atoms with Crippen LogP contribution >= 0.6 is 27.3 Å². The molecule has 0 saturated heterocycles. The van der Waals surface area contributed by atoms with Crippen molar-refractivity contribution in [1.82, 2.24) is 4.90 Å². The summed E-state index contributed by atoms with van der Waals surface area (Å²) in [5.74, 6) is 0.426. The molecule has 0 atom stereocenters. The van der Waals surface area contributed by atoms with E-state index in [1.54, 1.807) is 4.90 Å². The molecule has 1 rings (SSSR count). The van der Waals surface area contributed by atoms with Crippen molar-refractivity contribution >= 4 is 33.2 Å². The normalized spacial score (nSPS) is 10.4. The number of rotatable bonds is 5. The predicted molar refractivity (Wildman–Crippen MR) is 77.7 cm³/mol. The van der Waals surface area contributed by atoms with E-state index in [-0.39, 0.29) is 5.91 Å². The van der Waals surface area contributed by atoms with Crippen LogP contribution in [-0.2, 0) is 0 Å². The highest BCUT2D eigenvalue weighted by molar-refractivity contribution is 9.11. The van der Waals surface area contributed by atoms with Crippen molar-refractivity contribution in [3.05, 3.63) is 20.3 Å². The first-order valence-electron chi connectivity index (χ1n) is 5.87. The molecule has 0 fully saturated rings. The zero-order valence-electron chi connectivity index (χ0n) is 10.9. The van der Waals surface area contributed by atoms with Crippen LogP contribution in [0.25, 0.3) is 0 Å². The first-order valence-corrected chi connectivity index (χ1v) is 7.48. The Balaban J connectivity index is 2.84. The molecule has 0 radical (unpaired) electrons. The molecule has 98 valence electrons. The smallest absolute Gasteiger partial charge is 0.264 e. The summed E-state index contributed by atoms with van der Waals surface area (Å²) in [6.45, 7) is 7.31. The van der Waals surface area contributed by atoms with Gasteiger partial charge in [0.25, 0.3) is 5.91 Å². The van der Waals surface area contributed by atoms with Gasteiger partial charge in [-0.05, 0) is 40.4 Å². The number of thiophene rings is 1. The van der Waals surface area contributed by atoms with Gasteiger partial charge >= 0.3 is 0 Å². The van der Waals surface area contributed by atoms with E-state index in [0.29, 0.717) is 25.4 Å². The highest BCUT2D eigenvalue weighted by atomic mass is 79.9. The highest BCUT2D eigenvalue weighted by Gasteiger charge is 2.19. The molecule has 18 heavy (non-hydrogen) atoms. The fourth-order valence-corrected chi connectivity index (χ4v) is 3.13.